The minimum atomic E-state index is 0.368. The maximum absolute atomic E-state index is 10.7. The third kappa shape index (κ3) is 8.89. The third-order valence-corrected chi connectivity index (χ3v) is 7.08. The summed E-state index contributed by atoms with van der Waals surface area (Å²) in [5, 5.41) is 3.50. The largest absolute Gasteiger partial charge is 0.355 e. The van der Waals surface area contributed by atoms with E-state index in [1.165, 1.54) is 59.3 Å². The highest BCUT2D eigenvalue weighted by Gasteiger charge is 2.14. The normalized spacial score (nSPS) is 13.6. The molecule has 0 bridgehead atoms. The SMILES string of the molecule is C=C(C)Sc1cc(C(=C)Nc2c(C)cc(C)cc2C)ccc1C.CC(=O)CC1CCCCC1. The fourth-order valence-electron chi connectivity index (χ4n) is 4.48. The first-order chi connectivity index (χ1) is 15.6. The number of aryl methyl sites for hydroxylation is 4. The van der Waals surface area contributed by atoms with Gasteiger partial charge in [-0.1, -0.05) is 86.9 Å². The molecule has 2 nitrogen and oxygen atoms in total. The van der Waals surface area contributed by atoms with Gasteiger partial charge >= 0.3 is 0 Å². The molecule has 1 N–H and O–H groups in total. The zero-order chi connectivity index (χ0) is 24.5. The molecule has 0 heterocycles. The number of Topliss-reactive ketones (excluding diaryl/α,β-unsaturated/α-hetero) is 1. The quantitative estimate of drug-likeness (QED) is 0.415. The molecular formula is C30H41NOS. The molecule has 178 valence electrons. The van der Waals surface area contributed by atoms with Gasteiger partial charge in [-0.25, -0.2) is 0 Å². The lowest BCUT2D eigenvalue weighted by Gasteiger charge is -2.19. The van der Waals surface area contributed by atoms with Gasteiger partial charge in [-0.15, -0.1) is 0 Å². The van der Waals surface area contributed by atoms with Gasteiger partial charge in [0.2, 0.25) is 0 Å². The van der Waals surface area contributed by atoms with Crippen LogP contribution >= 0.6 is 11.8 Å². The predicted octanol–water partition coefficient (Wildman–Crippen LogP) is 9.17. The van der Waals surface area contributed by atoms with Crippen LogP contribution in [0.3, 0.4) is 0 Å². The van der Waals surface area contributed by atoms with Crippen LogP contribution in [0.2, 0.25) is 0 Å². The molecule has 1 fully saturated rings. The van der Waals surface area contributed by atoms with Gasteiger partial charge in [0, 0.05) is 22.7 Å². The van der Waals surface area contributed by atoms with Crippen LogP contribution in [0, 0.1) is 33.6 Å². The zero-order valence-corrected chi connectivity index (χ0v) is 22.3. The van der Waals surface area contributed by atoms with Crippen molar-refractivity contribution < 1.29 is 4.79 Å². The van der Waals surface area contributed by atoms with Gasteiger partial charge in [-0.3, -0.25) is 0 Å². The van der Waals surface area contributed by atoms with Crippen molar-refractivity contribution in [1.29, 1.82) is 0 Å². The van der Waals surface area contributed by atoms with Crippen LogP contribution in [-0.4, -0.2) is 5.78 Å². The summed E-state index contributed by atoms with van der Waals surface area (Å²) in [6.45, 7) is 20.5. The molecule has 33 heavy (non-hydrogen) atoms. The molecule has 0 aliphatic heterocycles. The van der Waals surface area contributed by atoms with Crippen LogP contribution in [0.5, 0.6) is 0 Å². The summed E-state index contributed by atoms with van der Waals surface area (Å²) in [6, 6.07) is 10.8. The summed E-state index contributed by atoms with van der Waals surface area (Å²) in [4.78, 5) is 13.0. The summed E-state index contributed by atoms with van der Waals surface area (Å²) in [5.74, 6) is 1.10. The molecule has 0 amide bonds. The van der Waals surface area contributed by atoms with E-state index in [2.05, 4.69) is 76.5 Å². The van der Waals surface area contributed by atoms with E-state index < -0.39 is 0 Å². The Kier molecular flexibility index (Phi) is 10.5. The van der Waals surface area contributed by atoms with Crippen molar-refractivity contribution in [2.75, 3.05) is 5.32 Å². The van der Waals surface area contributed by atoms with Crippen LogP contribution in [0.4, 0.5) is 5.69 Å². The first kappa shape index (κ1) is 27.0. The molecule has 0 saturated heterocycles. The van der Waals surface area contributed by atoms with E-state index in [0.717, 1.165) is 34.2 Å². The maximum Gasteiger partial charge on any atom is 0.130 e. The fourth-order valence-corrected chi connectivity index (χ4v) is 5.27. The Balaban J connectivity index is 0.000000321. The molecule has 3 rings (SSSR count). The molecule has 2 aromatic carbocycles. The molecule has 2 aromatic rings. The molecule has 3 heteroatoms. The number of benzene rings is 2. The number of hydrogen-bond donors (Lipinski definition) is 1. The van der Waals surface area contributed by atoms with E-state index in [-0.39, 0.29) is 0 Å². The van der Waals surface area contributed by atoms with E-state index in [4.69, 9.17) is 0 Å². The Morgan fingerprint density at radius 1 is 0.939 bits per heavy atom. The van der Waals surface area contributed by atoms with Gasteiger partial charge in [0.05, 0.1) is 0 Å². The number of hydrogen-bond acceptors (Lipinski definition) is 3. The lowest BCUT2D eigenvalue weighted by atomic mass is 9.86. The van der Waals surface area contributed by atoms with Gasteiger partial charge in [-0.2, -0.15) is 0 Å². The summed E-state index contributed by atoms with van der Waals surface area (Å²) >= 11 is 1.71. The van der Waals surface area contributed by atoms with Gasteiger partial charge in [0.1, 0.15) is 5.78 Å². The number of nitrogens with one attached hydrogen (secondary N) is 1. The second kappa shape index (κ2) is 12.8. The van der Waals surface area contributed by atoms with E-state index in [0.29, 0.717) is 5.78 Å². The van der Waals surface area contributed by atoms with E-state index in [9.17, 15) is 4.79 Å². The van der Waals surface area contributed by atoms with Gasteiger partial charge in [0.25, 0.3) is 0 Å². The van der Waals surface area contributed by atoms with Gasteiger partial charge in [-0.05, 0) is 80.7 Å². The fraction of sp³-hybridized carbons (Fsp3) is 0.433. The maximum atomic E-state index is 10.7. The van der Waals surface area contributed by atoms with Crippen LogP contribution in [0.25, 0.3) is 5.70 Å². The lowest BCUT2D eigenvalue weighted by molar-refractivity contribution is -0.118. The summed E-state index contributed by atoms with van der Waals surface area (Å²) in [6.07, 6.45) is 7.49. The second-order valence-electron chi connectivity index (χ2n) is 9.57. The topological polar surface area (TPSA) is 29.1 Å². The lowest BCUT2D eigenvalue weighted by Crippen LogP contribution is -2.09. The summed E-state index contributed by atoms with van der Waals surface area (Å²) < 4.78 is 0. The standard InChI is InChI=1S/C21H25NS.C9H16O/c1-13(2)23-20-12-19(9-8-15(20)4)18(7)22-21-16(5)10-14(3)11-17(21)6;1-8(10)7-9-5-3-2-4-6-9/h8-12,22H,1,7H2,2-6H3;9H,2-7H2,1H3. The highest BCUT2D eigenvalue weighted by Crippen LogP contribution is 2.32. The number of ketones is 1. The van der Waals surface area contributed by atoms with Crippen molar-refractivity contribution in [1.82, 2.24) is 0 Å². The van der Waals surface area contributed by atoms with Crippen molar-refractivity contribution >= 4 is 28.9 Å². The van der Waals surface area contributed by atoms with Gasteiger partial charge < -0.3 is 10.1 Å². The first-order valence-electron chi connectivity index (χ1n) is 12.0. The Morgan fingerprint density at radius 3 is 2.09 bits per heavy atom. The Bertz CT molecular complexity index is 975. The number of carbonyl (C=O) groups excluding carboxylic acids is 1. The Hall–Kier alpha value is -2.26. The molecule has 0 spiro atoms. The first-order valence-corrected chi connectivity index (χ1v) is 12.9. The van der Waals surface area contributed by atoms with Crippen LogP contribution in [0.1, 0.15) is 80.2 Å². The molecule has 0 unspecified atom stereocenters. The van der Waals surface area contributed by atoms with Crippen molar-refractivity contribution in [3.63, 3.8) is 0 Å². The van der Waals surface area contributed by atoms with Crippen molar-refractivity contribution in [3.8, 4) is 0 Å². The molecule has 0 aromatic heterocycles. The zero-order valence-electron chi connectivity index (χ0n) is 21.4. The minimum absolute atomic E-state index is 0.368. The van der Waals surface area contributed by atoms with Crippen LogP contribution < -0.4 is 5.32 Å². The number of thioether (sulfide) groups is 1. The summed E-state index contributed by atoms with van der Waals surface area (Å²) in [7, 11) is 0. The molecule has 1 aliphatic carbocycles. The van der Waals surface area contributed by atoms with Crippen molar-refractivity contribution in [2.24, 2.45) is 5.92 Å². The smallest absolute Gasteiger partial charge is 0.130 e. The molecular weight excluding hydrogens is 422 g/mol. The van der Waals surface area contributed by atoms with Crippen molar-refractivity contribution in [2.45, 2.75) is 85.0 Å². The van der Waals surface area contributed by atoms with E-state index in [1.807, 2.05) is 6.92 Å². The van der Waals surface area contributed by atoms with Crippen molar-refractivity contribution in [3.05, 3.63) is 76.2 Å². The number of rotatable bonds is 7. The Morgan fingerprint density at radius 2 is 1.55 bits per heavy atom. The molecule has 0 radical (unpaired) electrons. The number of carbonyl (C=O) groups is 1. The van der Waals surface area contributed by atoms with E-state index in [1.54, 1.807) is 18.7 Å². The van der Waals surface area contributed by atoms with E-state index >= 15 is 0 Å². The van der Waals surface area contributed by atoms with Gasteiger partial charge in [0.15, 0.2) is 0 Å². The van der Waals surface area contributed by atoms with Crippen LogP contribution in [-0.2, 0) is 4.79 Å². The average Bonchev–Trinajstić information content (AvgIpc) is 2.72. The highest BCUT2D eigenvalue weighted by atomic mass is 32.2. The average molecular weight is 464 g/mol. The number of allylic oxidation sites excluding steroid dienone is 1. The third-order valence-electron chi connectivity index (χ3n) is 6.07. The predicted molar refractivity (Wildman–Crippen MR) is 147 cm³/mol. The number of anilines is 1. The minimum Gasteiger partial charge on any atom is -0.355 e. The molecule has 1 saturated carbocycles. The second-order valence-corrected chi connectivity index (χ2v) is 10.9. The van der Waals surface area contributed by atoms with Crippen LogP contribution in [0.15, 0.2) is 53.3 Å². The molecule has 0 atom stereocenters. The molecule has 1 aliphatic rings. The highest BCUT2D eigenvalue weighted by molar-refractivity contribution is 8.03. The Labute approximate surface area is 206 Å². The monoisotopic (exact) mass is 463 g/mol. The summed E-state index contributed by atoms with van der Waals surface area (Å²) in [5.41, 5.74) is 8.21.